The molecule has 0 heterocycles. The fourth-order valence-corrected chi connectivity index (χ4v) is 12.4. The molecule has 2 heteroatoms. The van der Waals surface area contributed by atoms with Gasteiger partial charge in [-0.3, -0.25) is 0 Å². The lowest BCUT2D eigenvalue weighted by molar-refractivity contribution is -0.212. The van der Waals surface area contributed by atoms with Gasteiger partial charge in [-0.05, 0) is 145 Å². The van der Waals surface area contributed by atoms with E-state index in [0.29, 0.717) is 21.7 Å². The zero-order valence-corrected chi connectivity index (χ0v) is 21.7. The Hall–Kier alpha value is -1.64. The van der Waals surface area contributed by atoms with Crippen molar-refractivity contribution in [3.05, 3.63) is 70.8 Å². The van der Waals surface area contributed by atoms with Gasteiger partial charge in [0.1, 0.15) is 0 Å². The molecular weight excluding hydrogens is 440 g/mol. The van der Waals surface area contributed by atoms with E-state index in [0.717, 1.165) is 34.8 Å². The van der Waals surface area contributed by atoms with E-state index in [9.17, 15) is 10.2 Å². The third-order valence-electron chi connectivity index (χ3n) is 12.7. The van der Waals surface area contributed by atoms with Crippen molar-refractivity contribution < 1.29 is 10.2 Å². The van der Waals surface area contributed by atoms with Crippen LogP contribution >= 0.6 is 0 Å². The summed E-state index contributed by atoms with van der Waals surface area (Å²) in [6.07, 6.45) is 17.4. The second-order valence-corrected chi connectivity index (χ2v) is 14.8. The molecule has 4 atom stereocenters. The van der Waals surface area contributed by atoms with E-state index in [1.807, 2.05) is 0 Å². The van der Waals surface area contributed by atoms with Crippen LogP contribution in [0.1, 0.15) is 99.3 Å². The summed E-state index contributed by atoms with van der Waals surface area (Å²) in [5.41, 5.74) is 7.06. The Bertz CT molecular complexity index is 1040. The van der Waals surface area contributed by atoms with Gasteiger partial charge in [-0.15, -0.1) is 0 Å². The minimum Gasteiger partial charge on any atom is -0.392 e. The first-order valence-corrected chi connectivity index (χ1v) is 14.9. The highest BCUT2D eigenvalue weighted by Crippen LogP contribution is 2.78. The summed E-state index contributed by atoms with van der Waals surface area (Å²) in [5, 5.41) is 19.3. The van der Waals surface area contributed by atoms with Gasteiger partial charge < -0.3 is 10.2 Å². The highest BCUT2D eigenvalue weighted by molar-refractivity contribution is 5.37. The molecule has 190 valence electrons. The minimum atomic E-state index is 0.149. The monoisotopic (exact) mass is 482 g/mol. The first-order chi connectivity index (χ1) is 17.5. The van der Waals surface area contributed by atoms with Crippen molar-refractivity contribution in [1.29, 1.82) is 0 Å². The predicted molar refractivity (Wildman–Crippen MR) is 142 cm³/mol. The highest BCUT2D eigenvalue weighted by Gasteiger charge is 2.70. The lowest BCUT2D eigenvalue weighted by Gasteiger charge is -2.74. The maximum Gasteiger partial charge on any atom is 0.0681 e. The van der Waals surface area contributed by atoms with Gasteiger partial charge >= 0.3 is 0 Å². The van der Waals surface area contributed by atoms with Crippen LogP contribution in [0.15, 0.2) is 48.5 Å². The summed E-state index contributed by atoms with van der Waals surface area (Å²) in [7, 11) is 0. The lowest BCUT2D eigenvalue weighted by atomic mass is 9.30. The molecular formula is C34H42O2. The number of aliphatic hydroxyl groups excluding tert-OH is 2. The molecule has 8 aliphatic rings. The quantitative estimate of drug-likeness (QED) is 0.479. The fourth-order valence-electron chi connectivity index (χ4n) is 12.4. The van der Waals surface area contributed by atoms with E-state index in [-0.39, 0.29) is 13.2 Å². The molecule has 8 aliphatic carbocycles. The van der Waals surface area contributed by atoms with Crippen molar-refractivity contribution in [3.63, 3.8) is 0 Å². The van der Waals surface area contributed by atoms with Crippen molar-refractivity contribution in [2.45, 2.75) is 101 Å². The van der Waals surface area contributed by atoms with Gasteiger partial charge in [0.25, 0.3) is 0 Å². The summed E-state index contributed by atoms with van der Waals surface area (Å²) in [5.74, 6) is 3.65. The molecule has 10 rings (SSSR count). The van der Waals surface area contributed by atoms with Gasteiger partial charge in [0.2, 0.25) is 0 Å². The molecule has 0 spiro atoms. The Balaban J connectivity index is 1.20. The largest absolute Gasteiger partial charge is 0.392 e. The van der Waals surface area contributed by atoms with Crippen LogP contribution in [-0.4, -0.2) is 10.2 Å². The summed E-state index contributed by atoms with van der Waals surface area (Å²) in [6.45, 7) is 0.297. The molecule has 0 aromatic heterocycles. The molecule has 2 aromatic carbocycles. The number of rotatable bonds is 5. The molecule has 36 heavy (non-hydrogen) atoms. The van der Waals surface area contributed by atoms with Gasteiger partial charge in [-0.2, -0.15) is 0 Å². The molecule has 2 nitrogen and oxygen atoms in total. The third kappa shape index (κ3) is 2.98. The van der Waals surface area contributed by atoms with Crippen molar-refractivity contribution in [2.75, 3.05) is 0 Å². The highest BCUT2D eigenvalue weighted by atomic mass is 16.3. The number of aliphatic hydroxyl groups is 2. The van der Waals surface area contributed by atoms with Gasteiger partial charge in [-0.1, -0.05) is 48.5 Å². The number of benzene rings is 2. The van der Waals surface area contributed by atoms with E-state index >= 15 is 0 Å². The van der Waals surface area contributed by atoms with E-state index < -0.39 is 0 Å². The first-order valence-electron chi connectivity index (χ1n) is 14.9. The van der Waals surface area contributed by atoms with Crippen LogP contribution in [0.3, 0.4) is 0 Å². The SMILES string of the molecule is OCc1ccc(C23CC4CC(C2)CC(C25CC6CC(CC(c7ccc(CO)cc7)(C6)C2)C5)(C4)C3)cc1. The maximum atomic E-state index is 9.63. The summed E-state index contributed by atoms with van der Waals surface area (Å²) >= 11 is 0. The topological polar surface area (TPSA) is 40.5 Å². The molecule has 8 saturated carbocycles. The van der Waals surface area contributed by atoms with Crippen molar-refractivity contribution in [3.8, 4) is 0 Å². The molecule has 4 unspecified atom stereocenters. The smallest absolute Gasteiger partial charge is 0.0681 e. The second kappa shape index (κ2) is 7.48. The van der Waals surface area contributed by atoms with Crippen LogP contribution in [0.25, 0.3) is 0 Å². The van der Waals surface area contributed by atoms with Crippen molar-refractivity contribution in [1.82, 2.24) is 0 Å². The summed E-state index contributed by atoms with van der Waals surface area (Å²) < 4.78 is 0. The van der Waals surface area contributed by atoms with Crippen molar-refractivity contribution in [2.24, 2.45) is 34.5 Å². The van der Waals surface area contributed by atoms with Gasteiger partial charge in [-0.25, -0.2) is 0 Å². The van der Waals surface area contributed by atoms with Crippen LogP contribution in [0, 0.1) is 34.5 Å². The van der Waals surface area contributed by atoms with E-state index in [2.05, 4.69) is 48.5 Å². The first kappa shape index (κ1) is 22.4. The molecule has 0 aliphatic heterocycles. The predicted octanol–water partition coefficient (Wildman–Crippen LogP) is 7.05. The fraction of sp³-hybridized carbons (Fsp3) is 0.647. The summed E-state index contributed by atoms with van der Waals surface area (Å²) in [6, 6.07) is 18.3. The third-order valence-corrected chi connectivity index (χ3v) is 12.7. The Morgan fingerprint density at radius 3 is 1.14 bits per heavy atom. The molecule has 2 aromatic rings. The van der Waals surface area contributed by atoms with Crippen LogP contribution in [0.4, 0.5) is 0 Å². The van der Waals surface area contributed by atoms with Crippen LogP contribution in [-0.2, 0) is 24.0 Å². The molecule has 0 saturated heterocycles. The van der Waals surface area contributed by atoms with Gasteiger partial charge in [0.05, 0.1) is 13.2 Å². The zero-order valence-electron chi connectivity index (χ0n) is 21.7. The Kier molecular flexibility index (Phi) is 4.64. The normalized spacial score (nSPS) is 45.9. The average Bonchev–Trinajstić information content (AvgIpc) is 2.87. The Labute approximate surface area is 216 Å². The van der Waals surface area contributed by atoms with E-state index in [4.69, 9.17) is 0 Å². The molecule has 0 radical (unpaired) electrons. The number of hydrogen-bond acceptors (Lipinski definition) is 2. The maximum absolute atomic E-state index is 9.63. The second-order valence-electron chi connectivity index (χ2n) is 14.8. The Morgan fingerprint density at radius 2 is 0.833 bits per heavy atom. The lowest BCUT2D eigenvalue weighted by Crippen LogP contribution is -2.66. The van der Waals surface area contributed by atoms with Crippen molar-refractivity contribution >= 4 is 0 Å². The van der Waals surface area contributed by atoms with E-state index in [1.54, 1.807) is 11.1 Å². The zero-order chi connectivity index (χ0) is 24.2. The van der Waals surface area contributed by atoms with Crippen LogP contribution in [0.2, 0.25) is 0 Å². The Morgan fingerprint density at radius 1 is 0.500 bits per heavy atom. The molecule has 8 bridgehead atoms. The summed E-state index contributed by atoms with van der Waals surface area (Å²) in [4.78, 5) is 0. The average molecular weight is 483 g/mol. The van der Waals surface area contributed by atoms with Gasteiger partial charge in [0.15, 0.2) is 0 Å². The molecule has 2 N–H and O–H groups in total. The van der Waals surface area contributed by atoms with Crippen LogP contribution in [0.5, 0.6) is 0 Å². The molecule has 8 fully saturated rings. The number of hydrogen-bond donors (Lipinski definition) is 2. The van der Waals surface area contributed by atoms with E-state index in [1.165, 1.54) is 77.0 Å². The standard InChI is InChI=1S/C34H42O2/c35-19-23-1-5-29(6-2-23)31-11-25-9-26(12-31)16-33(15-25,21-31)34-17-27-10-28(18-34)14-32(13-27,22-34)30-7-3-24(20-36)4-8-30/h1-8,25-28,35-36H,9-22H2. The minimum absolute atomic E-state index is 0.149. The molecule has 0 amide bonds. The van der Waals surface area contributed by atoms with Crippen LogP contribution < -0.4 is 0 Å². The van der Waals surface area contributed by atoms with Gasteiger partial charge in [0, 0.05) is 0 Å².